The van der Waals surface area contributed by atoms with E-state index in [1.54, 1.807) is 6.07 Å². The number of hydrogen-bond donors (Lipinski definition) is 2. The van der Waals surface area contributed by atoms with Crippen molar-refractivity contribution in [2.24, 2.45) is 0 Å². The van der Waals surface area contributed by atoms with Crippen molar-refractivity contribution in [2.75, 3.05) is 25.0 Å². The molecule has 1 fully saturated rings. The summed E-state index contributed by atoms with van der Waals surface area (Å²) in [5.41, 5.74) is 3.20. The first-order valence-electron chi connectivity index (χ1n) is 9.20. The van der Waals surface area contributed by atoms with E-state index in [1.807, 2.05) is 0 Å². The average molecular weight is 413 g/mol. The zero-order valence-corrected chi connectivity index (χ0v) is 16.9. The predicted octanol–water partition coefficient (Wildman–Crippen LogP) is 2.03. The fourth-order valence-electron chi connectivity index (χ4n) is 3.05. The third-order valence-electron chi connectivity index (χ3n) is 4.78. The van der Waals surface area contributed by atoms with Gasteiger partial charge in [0.15, 0.2) is 0 Å². The van der Waals surface area contributed by atoms with Crippen molar-refractivity contribution in [3.05, 3.63) is 61.2 Å². The Labute approximate surface area is 170 Å². The van der Waals surface area contributed by atoms with Gasteiger partial charge < -0.3 is 10.6 Å². The Morgan fingerprint density at radius 1 is 1.17 bits per heavy atom. The number of nitrogens with zero attached hydrogens (tertiary/aromatic N) is 1. The number of hydrogen-bond acceptors (Lipinski definition) is 5. The Kier molecular flexibility index (Phi) is 6.26. The molecule has 1 heterocycles. The minimum atomic E-state index is -3.83. The molecule has 0 aromatic heterocycles. The van der Waals surface area contributed by atoms with Crippen LogP contribution >= 0.6 is 0 Å². The lowest BCUT2D eigenvalue weighted by atomic mass is 9.95. The maximum atomic E-state index is 12.8. The highest BCUT2D eigenvalue weighted by atomic mass is 32.2. The molecule has 0 radical (unpaired) electrons. The Morgan fingerprint density at radius 2 is 1.83 bits per heavy atom. The van der Waals surface area contributed by atoms with Crippen LogP contribution in [0, 0.1) is 0 Å². The van der Waals surface area contributed by atoms with Gasteiger partial charge in [0.1, 0.15) is 5.78 Å². The topological polar surface area (TPSA) is 95.6 Å². The molecule has 1 aromatic rings. The summed E-state index contributed by atoms with van der Waals surface area (Å²) in [5, 5.41) is 5.54. The predicted molar refractivity (Wildman–Crippen MR) is 112 cm³/mol. The maximum Gasteiger partial charge on any atom is 0.247 e. The highest BCUT2D eigenvalue weighted by Gasteiger charge is 2.35. The van der Waals surface area contributed by atoms with Crippen LogP contribution in [-0.4, -0.2) is 50.1 Å². The van der Waals surface area contributed by atoms with Crippen molar-refractivity contribution in [3.63, 3.8) is 0 Å². The van der Waals surface area contributed by atoms with Crippen molar-refractivity contribution >= 4 is 27.4 Å². The molecule has 7 nitrogen and oxygen atoms in total. The summed E-state index contributed by atoms with van der Waals surface area (Å²) in [6, 6.07) is 13.7. The van der Waals surface area contributed by atoms with Crippen molar-refractivity contribution < 1.29 is 18.0 Å². The summed E-state index contributed by atoms with van der Waals surface area (Å²) in [6.07, 6.45) is 1.10. The molecular weight excluding hydrogens is 390 g/mol. The molecule has 0 bridgehead atoms. The third kappa shape index (κ3) is 4.61. The van der Waals surface area contributed by atoms with Crippen LogP contribution in [0.1, 0.15) is 6.92 Å². The number of Topliss-reactive ketones (excluding diaryl/α,β-unsaturated/α-hetero) is 1. The molecule has 4 rings (SSSR count). The number of piperazine rings is 1. The van der Waals surface area contributed by atoms with E-state index in [9.17, 15) is 18.0 Å². The van der Waals surface area contributed by atoms with E-state index in [-0.39, 0.29) is 17.2 Å². The number of benzene rings is 2. The molecule has 8 heteroatoms. The number of carbonyl (C=O) groups excluding carboxylic acids is 2. The van der Waals surface area contributed by atoms with E-state index in [0.29, 0.717) is 18.8 Å². The van der Waals surface area contributed by atoms with E-state index in [0.717, 1.165) is 6.08 Å². The lowest BCUT2D eigenvalue weighted by Crippen LogP contribution is -2.56. The molecule has 2 N–H and O–H groups in total. The van der Waals surface area contributed by atoms with Crippen LogP contribution in [0.25, 0.3) is 11.1 Å². The number of carbonyl (C=O) groups is 2. The van der Waals surface area contributed by atoms with Crippen LogP contribution in [0.3, 0.4) is 0 Å². The van der Waals surface area contributed by atoms with Gasteiger partial charge in [-0.2, -0.15) is 4.31 Å². The first-order valence-corrected chi connectivity index (χ1v) is 10.6. The van der Waals surface area contributed by atoms with Gasteiger partial charge in [-0.25, -0.2) is 8.42 Å². The second-order valence-electron chi connectivity index (χ2n) is 6.74. The molecule has 3 aliphatic rings. The highest BCUT2D eigenvalue weighted by Crippen LogP contribution is 2.29. The molecule has 2 aliphatic carbocycles. The quantitative estimate of drug-likeness (QED) is 0.624. The van der Waals surface area contributed by atoms with Crippen molar-refractivity contribution in [1.82, 2.24) is 9.62 Å². The fourth-order valence-corrected chi connectivity index (χ4v) is 4.73. The Bertz CT molecular complexity index is 1010. The third-order valence-corrected chi connectivity index (χ3v) is 6.68. The summed E-state index contributed by atoms with van der Waals surface area (Å²) in [7, 11) is -3.83. The lowest BCUT2D eigenvalue weighted by molar-refractivity contribution is -0.121. The first-order chi connectivity index (χ1) is 13.8. The van der Waals surface area contributed by atoms with E-state index in [1.165, 1.54) is 40.6 Å². The number of anilines is 1. The Balaban J connectivity index is 0.000000334. The summed E-state index contributed by atoms with van der Waals surface area (Å²) < 4.78 is 26.9. The monoisotopic (exact) mass is 413 g/mol. The van der Waals surface area contributed by atoms with Gasteiger partial charge in [0.2, 0.25) is 15.9 Å². The van der Waals surface area contributed by atoms with Crippen molar-refractivity contribution in [2.45, 2.75) is 17.9 Å². The SMILES string of the molecule is C=CC(=O)Nc1cccc(S(=O)(=O)N2CCNCC2C(C)=O)c1.c1cc2ccc1-2. The standard InChI is InChI=1S/C15H19N3O4S.C6H4/c1-3-15(20)17-12-5-4-6-13(9-12)23(21,22)18-8-7-16-10-14(18)11(2)19;1-2-6-4-3-5(1)6/h3-6,9,14,16H,1,7-8,10H2,2H3,(H,17,20);1-4H. The minimum Gasteiger partial charge on any atom is -0.322 e. The van der Waals surface area contributed by atoms with Crippen LogP contribution in [0.2, 0.25) is 0 Å². The lowest BCUT2D eigenvalue weighted by Gasteiger charge is -2.33. The number of nitrogens with one attached hydrogen (secondary N) is 2. The van der Waals surface area contributed by atoms with Crippen LogP contribution in [-0.2, 0) is 19.6 Å². The van der Waals surface area contributed by atoms with E-state index in [2.05, 4.69) is 41.5 Å². The summed E-state index contributed by atoms with van der Waals surface area (Å²) in [4.78, 5) is 23.1. The number of ketones is 1. The molecule has 1 aliphatic heterocycles. The van der Waals surface area contributed by atoms with Crippen LogP contribution in [0.15, 0.2) is 66.1 Å². The van der Waals surface area contributed by atoms with Crippen LogP contribution < -0.4 is 10.6 Å². The van der Waals surface area contributed by atoms with Gasteiger partial charge >= 0.3 is 0 Å². The number of fused-ring (bicyclic) bond motifs is 1. The normalized spacial score (nSPS) is 17.5. The van der Waals surface area contributed by atoms with Gasteiger partial charge in [0, 0.05) is 25.3 Å². The minimum absolute atomic E-state index is 0.0347. The Morgan fingerprint density at radius 3 is 2.34 bits per heavy atom. The van der Waals surface area contributed by atoms with Gasteiger partial charge in [-0.3, -0.25) is 9.59 Å². The smallest absolute Gasteiger partial charge is 0.247 e. The molecule has 1 unspecified atom stereocenters. The highest BCUT2D eigenvalue weighted by molar-refractivity contribution is 7.89. The molecule has 152 valence electrons. The molecule has 1 aromatic carbocycles. The van der Waals surface area contributed by atoms with Gasteiger partial charge in [-0.1, -0.05) is 36.9 Å². The molecule has 1 saturated heterocycles. The fraction of sp³-hybridized carbons (Fsp3) is 0.238. The maximum absolute atomic E-state index is 12.8. The summed E-state index contributed by atoms with van der Waals surface area (Å²) >= 11 is 0. The van der Waals surface area contributed by atoms with Crippen LogP contribution in [0.4, 0.5) is 5.69 Å². The number of sulfonamides is 1. The number of rotatable bonds is 5. The second-order valence-corrected chi connectivity index (χ2v) is 8.64. The Hall–Kier alpha value is -2.81. The first kappa shape index (κ1) is 20.9. The van der Waals surface area contributed by atoms with Crippen LogP contribution in [0.5, 0.6) is 0 Å². The van der Waals surface area contributed by atoms with Gasteiger partial charge in [0.25, 0.3) is 0 Å². The van der Waals surface area contributed by atoms with E-state index < -0.39 is 22.0 Å². The summed E-state index contributed by atoms with van der Waals surface area (Å²) in [6.45, 7) is 5.72. The van der Waals surface area contributed by atoms with Crippen molar-refractivity contribution in [1.29, 1.82) is 0 Å². The van der Waals surface area contributed by atoms with Gasteiger partial charge in [-0.15, -0.1) is 0 Å². The molecule has 1 atom stereocenters. The molecule has 1 amide bonds. The van der Waals surface area contributed by atoms with Gasteiger partial charge in [-0.05, 0) is 42.3 Å². The zero-order chi connectivity index (χ0) is 21.0. The van der Waals surface area contributed by atoms with Crippen molar-refractivity contribution in [3.8, 4) is 11.1 Å². The van der Waals surface area contributed by atoms with E-state index in [4.69, 9.17) is 0 Å². The largest absolute Gasteiger partial charge is 0.322 e. The van der Waals surface area contributed by atoms with Gasteiger partial charge in [0.05, 0.1) is 10.9 Å². The molecule has 0 spiro atoms. The number of amides is 1. The average Bonchev–Trinajstić information content (AvgIpc) is 2.71. The summed E-state index contributed by atoms with van der Waals surface area (Å²) in [5.74, 6) is -0.639. The van der Waals surface area contributed by atoms with E-state index >= 15 is 0 Å². The molecular formula is C21H23N3O4S. The molecule has 29 heavy (non-hydrogen) atoms. The zero-order valence-electron chi connectivity index (χ0n) is 16.1. The second kappa shape index (κ2) is 8.69. The molecule has 0 saturated carbocycles.